The molecule has 1 aromatic carbocycles. The van der Waals surface area contributed by atoms with Gasteiger partial charge in [0.15, 0.2) is 0 Å². The van der Waals surface area contributed by atoms with E-state index in [1.54, 1.807) is 0 Å². The number of rotatable bonds is 6. The monoisotopic (exact) mass is 359 g/mol. The van der Waals surface area contributed by atoms with Crippen LogP contribution in [0.25, 0.3) is 11.3 Å². The van der Waals surface area contributed by atoms with Gasteiger partial charge in [-0.1, -0.05) is 27.5 Å². The van der Waals surface area contributed by atoms with Crippen molar-refractivity contribution in [2.45, 2.75) is 12.6 Å². The Labute approximate surface area is 130 Å². The number of nitrogens with one attached hydrogen (secondary N) is 1. The minimum atomic E-state index is -0.347. The number of aliphatic hydroxyl groups is 2. The Hall–Kier alpha value is -0.850. The summed E-state index contributed by atoms with van der Waals surface area (Å²) in [7, 11) is 0. The minimum absolute atomic E-state index is 0.122. The third-order valence-electron chi connectivity index (χ3n) is 2.86. The van der Waals surface area contributed by atoms with Crippen molar-refractivity contribution in [3.05, 3.63) is 45.6 Å². The van der Waals surface area contributed by atoms with Gasteiger partial charge in [0.2, 0.25) is 0 Å². The molecule has 0 bridgehead atoms. The van der Waals surface area contributed by atoms with Crippen molar-refractivity contribution in [2.75, 3.05) is 13.2 Å². The first-order chi connectivity index (χ1) is 9.63. The van der Waals surface area contributed by atoms with Gasteiger partial charge in [0, 0.05) is 10.0 Å². The molecule has 0 aliphatic rings. The number of hydrogen-bond donors (Lipinski definition) is 3. The predicted molar refractivity (Wildman–Crippen MR) is 81.7 cm³/mol. The van der Waals surface area contributed by atoms with Gasteiger partial charge in [0.1, 0.15) is 11.5 Å². The summed E-state index contributed by atoms with van der Waals surface area (Å²) >= 11 is 9.53. The summed E-state index contributed by atoms with van der Waals surface area (Å²) in [5.74, 6) is 1.40. The average Bonchev–Trinajstić information content (AvgIpc) is 2.88. The lowest BCUT2D eigenvalue weighted by Gasteiger charge is -2.11. The lowest BCUT2D eigenvalue weighted by molar-refractivity contribution is 0.168. The van der Waals surface area contributed by atoms with Crippen LogP contribution in [0.15, 0.2) is 39.2 Å². The predicted octanol–water partition coefficient (Wildman–Crippen LogP) is 2.81. The molecule has 108 valence electrons. The summed E-state index contributed by atoms with van der Waals surface area (Å²) in [5.41, 5.74) is 0.821. The van der Waals surface area contributed by atoms with Crippen LogP contribution in [0.1, 0.15) is 5.76 Å². The molecule has 3 N–H and O–H groups in total. The highest BCUT2D eigenvalue weighted by Crippen LogP contribution is 2.31. The van der Waals surface area contributed by atoms with E-state index in [2.05, 4.69) is 21.2 Å². The third kappa shape index (κ3) is 3.84. The van der Waals surface area contributed by atoms with Gasteiger partial charge in [-0.05, 0) is 30.3 Å². The van der Waals surface area contributed by atoms with Crippen LogP contribution >= 0.6 is 27.5 Å². The number of benzene rings is 1. The number of halogens is 2. The lowest BCUT2D eigenvalue weighted by Crippen LogP contribution is -2.35. The summed E-state index contributed by atoms with van der Waals surface area (Å²) in [5, 5.41) is 21.5. The van der Waals surface area contributed by atoms with Gasteiger partial charge in [0.25, 0.3) is 0 Å². The minimum Gasteiger partial charge on any atom is -0.460 e. The third-order valence-corrected chi connectivity index (χ3v) is 3.67. The Bertz CT molecular complexity index is 569. The molecule has 2 aromatic rings. The Morgan fingerprint density at radius 3 is 2.60 bits per heavy atom. The fraction of sp³-hybridized carbons (Fsp3) is 0.286. The molecular weight excluding hydrogens is 346 g/mol. The first-order valence-electron chi connectivity index (χ1n) is 6.13. The van der Waals surface area contributed by atoms with Crippen molar-refractivity contribution in [3.8, 4) is 11.3 Å². The molecule has 0 atom stereocenters. The van der Waals surface area contributed by atoms with E-state index in [1.165, 1.54) is 0 Å². The Morgan fingerprint density at radius 1 is 1.20 bits per heavy atom. The van der Waals surface area contributed by atoms with Gasteiger partial charge in [-0.2, -0.15) is 0 Å². The van der Waals surface area contributed by atoms with Crippen LogP contribution in [0.3, 0.4) is 0 Å². The average molecular weight is 361 g/mol. The van der Waals surface area contributed by atoms with Crippen LogP contribution in [-0.4, -0.2) is 29.5 Å². The van der Waals surface area contributed by atoms with Gasteiger partial charge in [-0.25, -0.2) is 0 Å². The fourth-order valence-electron chi connectivity index (χ4n) is 1.74. The van der Waals surface area contributed by atoms with Gasteiger partial charge < -0.3 is 19.9 Å². The lowest BCUT2D eigenvalue weighted by atomic mass is 10.2. The van der Waals surface area contributed by atoms with Crippen molar-refractivity contribution in [1.82, 2.24) is 5.32 Å². The molecule has 2 rings (SSSR count). The highest BCUT2D eigenvalue weighted by atomic mass is 79.9. The largest absolute Gasteiger partial charge is 0.460 e. The second kappa shape index (κ2) is 7.24. The van der Waals surface area contributed by atoms with Crippen molar-refractivity contribution >= 4 is 27.5 Å². The molecule has 0 aliphatic heterocycles. The van der Waals surface area contributed by atoms with E-state index in [4.69, 9.17) is 26.2 Å². The second-order valence-electron chi connectivity index (χ2n) is 4.33. The Morgan fingerprint density at radius 2 is 1.95 bits per heavy atom. The maximum atomic E-state index is 8.97. The molecule has 0 fully saturated rings. The molecule has 20 heavy (non-hydrogen) atoms. The van der Waals surface area contributed by atoms with Gasteiger partial charge >= 0.3 is 0 Å². The first kappa shape index (κ1) is 15.5. The van der Waals surface area contributed by atoms with E-state index in [0.717, 1.165) is 10.0 Å². The normalized spacial score (nSPS) is 11.2. The first-order valence-corrected chi connectivity index (χ1v) is 7.30. The Balaban J connectivity index is 2.08. The summed E-state index contributed by atoms with van der Waals surface area (Å²) < 4.78 is 6.61. The number of aliphatic hydroxyl groups excluding tert-OH is 2. The highest BCUT2D eigenvalue weighted by molar-refractivity contribution is 9.10. The van der Waals surface area contributed by atoms with Crippen LogP contribution in [0, 0.1) is 0 Å². The molecule has 0 radical (unpaired) electrons. The van der Waals surface area contributed by atoms with Gasteiger partial charge in [-0.15, -0.1) is 0 Å². The molecule has 0 unspecified atom stereocenters. The van der Waals surface area contributed by atoms with Gasteiger partial charge in [0.05, 0.1) is 30.8 Å². The second-order valence-corrected chi connectivity index (χ2v) is 5.66. The van der Waals surface area contributed by atoms with Gasteiger partial charge in [-0.3, -0.25) is 0 Å². The Kier molecular flexibility index (Phi) is 5.63. The molecule has 0 aliphatic carbocycles. The summed E-state index contributed by atoms with van der Waals surface area (Å²) in [6, 6.07) is 8.93. The molecule has 0 amide bonds. The van der Waals surface area contributed by atoms with E-state index in [1.807, 2.05) is 30.3 Å². The number of hydrogen-bond acceptors (Lipinski definition) is 4. The summed E-state index contributed by atoms with van der Waals surface area (Å²) in [4.78, 5) is 0. The van der Waals surface area contributed by atoms with E-state index in [0.29, 0.717) is 23.1 Å². The molecule has 6 heteroatoms. The quantitative estimate of drug-likeness (QED) is 0.741. The van der Waals surface area contributed by atoms with E-state index in [-0.39, 0.29) is 19.3 Å². The maximum absolute atomic E-state index is 8.97. The van der Waals surface area contributed by atoms with Crippen molar-refractivity contribution in [3.63, 3.8) is 0 Å². The highest BCUT2D eigenvalue weighted by Gasteiger charge is 2.10. The zero-order valence-corrected chi connectivity index (χ0v) is 13.0. The summed E-state index contributed by atoms with van der Waals surface area (Å²) in [6.45, 7) is 0.186. The summed E-state index contributed by atoms with van der Waals surface area (Å²) in [6.07, 6.45) is 0. The van der Waals surface area contributed by atoms with Crippen LogP contribution in [0.2, 0.25) is 5.02 Å². The zero-order valence-electron chi connectivity index (χ0n) is 10.6. The molecule has 0 spiro atoms. The van der Waals surface area contributed by atoms with Crippen LogP contribution < -0.4 is 5.32 Å². The number of furan rings is 1. The molecule has 1 aromatic heterocycles. The fourth-order valence-corrected chi connectivity index (χ4v) is 2.51. The topological polar surface area (TPSA) is 65.6 Å². The molecular formula is C14H15BrClNO3. The molecule has 0 saturated carbocycles. The van der Waals surface area contributed by atoms with E-state index >= 15 is 0 Å². The standard InChI is InChI=1S/C14H15BrClNO3/c15-9-1-3-12(13(16)5-9)14-4-2-11(20-14)6-17-10(7-18)8-19/h1-5,10,17-19H,6-8H2. The van der Waals surface area contributed by atoms with Crippen molar-refractivity contribution < 1.29 is 14.6 Å². The van der Waals surface area contributed by atoms with Crippen LogP contribution in [-0.2, 0) is 6.54 Å². The van der Waals surface area contributed by atoms with E-state index < -0.39 is 0 Å². The van der Waals surface area contributed by atoms with E-state index in [9.17, 15) is 0 Å². The van der Waals surface area contributed by atoms with Crippen LogP contribution in [0.4, 0.5) is 0 Å². The SMILES string of the molecule is OCC(CO)NCc1ccc(-c2ccc(Br)cc2Cl)o1. The van der Waals surface area contributed by atoms with Crippen molar-refractivity contribution in [2.24, 2.45) is 0 Å². The smallest absolute Gasteiger partial charge is 0.135 e. The zero-order chi connectivity index (χ0) is 14.5. The molecule has 1 heterocycles. The maximum Gasteiger partial charge on any atom is 0.135 e. The van der Waals surface area contributed by atoms with Crippen molar-refractivity contribution in [1.29, 1.82) is 0 Å². The van der Waals surface area contributed by atoms with Crippen LogP contribution in [0.5, 0.6) is 0 Å². The molecule has 0 saturated heterocycles. The molecule has 4 nitrogen and oxygen atoms in total.